The molecule has 0 bridgehead atoms. The Labute approximate surface area is 114 Å². The molecule has 0 unspecified atom stereocenters. The second-order valence-corrected chi connectivity index (χ2v) is 5.80. The molecule has 0 aliphatic rings. The molecule has 2 rings (SSSR count). The minimum Gasteiger partial charge on any atom is -0.280 e. The van der Waals surface area contributed by atoms with Crippen LogP contribution >= 0.6 is 0 Å². The Morgan fingerprint density at radius 2 is 1.50 bits per heavy atom. The van der Waals surface area contributed by atoms with Gasteiger partial charge in [-0.15, -0.1) is 0 Å². The van der Waals surface area contributed by atoms with Crippen molar-refractivity contribution >= 4 is 15.7 Å². The molecule has 0 atom stereocenters. The zero-order valence-electron chi connectivity index (χ0n) is 10.3. The lowest BCUT2D eigenvalue weighted by Crippen LogP contribution is -2.15. The van der Waals surface area contributed by atoms with Crippen LogP contribution in [0.2, 0.25) is 0 Å². The lowest BCUT2D eigenvalue weighted by Gasteiger charge is -2.09. The largest absolute Gasteiger partial charge is 0.280 e. The standard InChI is InChI=1S/C13H10F3NO2S/c1-8-2-4-9(5-3-8)17-20(18,19)11-7-6-10(14)12(15)13(11)16/h2-7,17H,1H3. The van der Waals surface area contributed by atoms with Gasteiger partial charge >= 0.3 is 0 Å². The Hall–Kier alpha value is -2.02. The number of aryl methyl sites for hydroxylation is 1. The number of hydrogen-bond acceptors (Lipinski definition) is 2. The van der Waals surface area contributed by atoms with E-state index in [1.807, 2.05) is 6.92 Å². The monoisotopic (exact) mass is 301 g/mol. The minimum absolute atomic E-state index is 0.194. The van der Waals surface area contributed by atoms with E-state index in [-0.39, 0.29) is 5.69 Å². The van der Waals surface area contributed by atoms with Gasteiger partial charge < -0.3 is 0 Å². The highest BCUT2D eigenvalue weighted by molar-refractivity contribution is 7.92. The Bertz CT molecular complexity index is 743. The quantitative estimate of drug-likeness (QED) is 0.885. The van der Waals surface area contributed by atoms with E-state index < -0.39 is 32.4 Å². The number of nitrogens with one attached hydrogen (secondary N) is 1. The van der Waals surface area contributed by atoms with Gasteiger partial charge in [-0.2, -0.15) is 0 Å². The lowest BCUT2D eigenvalue weighted by atomic mass is 10.2. The molecule has 0 saturated heterocycles. The average Bonchev–Trinajstić information content (AvgIpc) is 2.38. The summed E-state index contributed by atoms with van der Waals surface area (Å²) in [6.07, 6.45) is 0. The molecule has 0 aliphatic heterocycles. The number of sulfonamides is 1. The van der Waals surface area contributed by atoms with E-state index in [0.29, 0.717) is 12.1 Å². The van der Waals surface area contributed by atoms with Crippen LogP contribution in [0.3, 0.4) is 0 Å². The number of anilines is 1. The molecule has 2 aromatic rings. The van der Waals surface area contributed by atoms with E-state index in [9.17, 15) is 21.6 Å². The van der Waals surface area contributed by atoms with E-state index in [4.69, 9.17) is 0 Å². The van der Waals surface area contributed by atoms with E-state index in [0.717, 1.165) is 5.56 Å². The van der Waals surface area contributed by atoms with Crippen molar-refractivity contribution in [1.82, 2.24) is 0 Å². The van der Waals surface area contributed by atoms with Crippen LogP contribution in [0.1, 0.15) is 5.56 Å². The third kappa shape index (κ3) is 2.77. The number of rotatable bonds is 3. The maximum absolute atomic E-state index is 13.5. The van der Waals surface area contributed by atoms with Crippen molar-refractivity contribution in [2.75, 3.05) is 4.72 Å². The second-order valence-electron chi connectivity index (χ2n) is 4.15. The summed E-state index contributed by atoms with van der Waals surface area (Å²) >= 11 is 0. The Morgan fingerprint density at radius 3 is 2.10 bits per heavy atom. The summed E-state index contributed by atoms with van der Waals surface area (Å²) in [7, 11) is -4.33. The van der Waals surface area contributed by atoms with Gasteiger partial charge in [-0.3, -0.25) is 4.72 Å². The number of benzene rings is 2. The van der Waals surface area contributed by atoms with Gasteiger partial charge in [0.25, 0.3) is 10.0 Å². The van der Waals surface area contributed by atoms with Gasteiger partial charge in [-0.25, -0.2) is 21.6 Å². The van der Waals surface area contributed by atoms with Crippen molar-refractivity contribution in [3.8, 4) is 0 Å². The number of halogens is 3. The maximum atomic E-state index is 13.5. The highest BCUT2D eigenvalue weighted by Gasteiger charge is 2.23. The molecule has 0 heterocycles. The van der Waals surface area contributed by atoms with Gasteiger partial charge in [0.1, 0.15) is 4.90 Å². The molecule has 20 heavy (non-hydrogen) atoms. The molecule has 0 amide bonds. The summed E-state index contributed by atoms with van der Waals surface area (Å²) in [5.41, 5.74) is 1.10. The van der Waals surface area contributed by atoms with Crippen molar-refractivity contribution in [1.29, 1.82) is 0 Å². The van der Waals surface area contributed by atoms with E-state index >= 15 is 0 Å². The van der Waals surface area contributed by atoms with Crippen molar-refractivity contribution in [3.05, 3.63) is 59.4 Å². The van der Waals surface area contributed by atoms with Gasteiger partial charge in [0, 0.05) is 5.69 Å². The average molecular weight is 301 g/mol. The maximum Gasteiger partial charge on any atom is 0.264 e. The van der Waals surface area contributed by atoms with Crippen LogP contribution in [-0.2, 0) is 10.0 Å². The predicted octanol–water partition coefficient (Wildman–Crippen LogP) is 3.21. The summed E-state index contributed by atoms with van der Waals surface area (Å²) in [4.78, 5) is -0.947. The van der Waals surface area contributed by atoms with Crippen molar-refractivity contribution < 1.29 is 21.6 Å². The molecule has 0 spiro atoms. The van der Waals surface area contributed by atoms with Crippen LogP contribution in [0.4, 0.5) is 18.9 Å². The van der Waals surface area contributed by atoms with Gasteiger partial charge in [-0.05, 0) is 31.2 Å². The highest BCUT2D eigenvalue weighted by atomic mass is 32.2. The first-order valence-electron chi connectivity index (χ1n) is 5.54. The van der Waals surface area contributed by atoms with Crippen LogP contribution < -0.4 is 4.72 Å². The van der Waals surface area contributed by atoms with E-state index in [1.54, 1.807) is 12.1 Å². The normalized spacial score (nSPS) is 11.4. The van der Waals surface area contributed by atoms with Crippen molar-refractivity contribution in [2.24, 2.45) is 0 Å². The smallest absolute Gasteiger partial charge is 0.264 e. The first kappa shape index (κ1) is 14.4. The Morgan fingerprint density at radius 1 is 0.900 bits per heavy atom. The fraction of sp³-hybridized carbons (Fsp3) is 0.0769. The third-order valence-electron chi connectivity index (χ3n) is 2.59. The zero-order chi connectivity index (χ0) is 14.9. The third-order valence-corrected chi connectivity index (χ3v) is 3.99. The van der Waals surface area contributed by atoms with E-state index in [2.05, 4.69) is 4.72 Å². The fourth-order valence-electron chi connectivity index (χ4n) is 1.55. The molecule has 0 radical (unpaired) electrons. The molecular weight excluding hydrogens is 291 g/mol. The molecular formula is C13H10F3NO2S. The van der Waals surface area contributed by atoms with Crippen LogP contribution in [0.25, 0.3) is 0 Å². The molecule has 1 N–H and O–H groups in total. The Balaban J connectivity index is 2.41. The van der Waals surface area contributed by atoms with Gasteiger partial charge in [0.05, 0.1) is 0 Å². The summed E-state index contributed by atoms with van der Waals surface area (Å²) in [6, 6.07) is 7.49. The summed E-state index contributed by atoms with van der Waals surface area (Å²) in [6.45, 7) is 1.81. The summed E-state index contributed by atoms with van der Waals surface area (Å²) in [5, 5.41) is 0. The topological polar surface area (TPSA) is 46.2 Å². The van der Waals surface area contributed by atoms with Gasteiger partial charge in [0.15, 0.2) is 17.5 Å². The fourth-order valence-corrected chi connectivity index (χ4v) is 2.68. The molecule has 2 aromatic carbocycles. The molecule has 3 nitrogen and oxygen atoms in total. The Kier molecular flexibility index (Phi) is 3.71. The van der Waals surface area contributed by atoms with Crippen molar-refractivity contribution in [3.63, 3.8) is 0 Å². The molecule has 0 aromatic heterocycles. The summed E-state index contributed by atoms with van der Waals surface area (Å²) < 4.78 is 65.3. The summed E-state index contributed by atoms with van der Waals surface area (Å²) in [5.74, 6) is -5.02. The molecule has 0 saturated carbocycles. The predicted molar refractivity (Wildman–Crippen MR) is 68.3 cm³/mol. The van der Waals surface area contributed by atoms with Crippen LogP contribution in [0.5, 0.6) is 0 Å². The van der Waals surface area contributed by atoms with Gasteiger partial charge in [-0.1, -0.05) is 17.7 Å². The van der Waals surface area contributed by atoms with E-state index in [1.165, 1.54) is 12.1 Å². The van der Waals surface area contributed by atoms with Crippen molar-refractivity contribution in [2.45, 2.75) is 11.8 Å². The minimum atomic E-state index is -4.33. The molecule has 7 heteroatoms. The van der Waals surface area contributed by atoms with Crippen LogP contribution in [0, 0.1) is 24.4 Å². The second kappa shape index (κ2) is 5.16. The number of hydrogen-bond donors (Lipinski definition) is 1. The SMILES string of the molecule is Cc1ccc(NS(=O)(=O)c2ccc(F)c(F)c2F)cc1. The van der Waals surface area contributed by atoms with Crippen LogP contribution in [-0.4, -0.2) is 8.42 Å². The molecule has 106 valence electrons. The first-order chi connectivity index (χ1) is 9.31. The molecule has 0 aliphatic carbocycles. The lowest BCUT2D eigenvalue weighted by molar-refractivity contribution is 0.432. The first-order valence-corrected chi connectivity index (χ1v) is 7.02. The van der Waals surface area contributed by atoms with Gasteiger partial charge in [0.2, 0.25) is 0 Å². The molecule has 0 fully saturated rings. The zero-order valence-corrected chi connectivity index (χ0v) is 11.1. The highest BCUT2D eigenvalue weighted by Crippen LogP contribution is 2.22. The van der Waals surface area contributed by atoms with Crippen LogP contribution in [0.15, 0.2) is 41.3 Å².